The number of hydrogen-bond donors (Lipinski definition) is 1. The van der Waals surface area contributed by atoms with E-state index in [9.17, 15) is 9.59 Å². The summed E-state index contributed by atoms with van der Waals surface area (Å²) in [5.41, 5.74) is 1.48. The molecule has 4 heteroatoms. The minimum absolute atomic E-state index is 0.115. The van der Waals surface area contributed by atoms with Crippen LogP contribution in [-0.4, -0.2) is 34.8 Å². The smallest absolute Gasteiger partial charge is 0.222 e. The average molecular weight is 433 g/mol. The Kier molecular flexibility index (Phi) is 5.11. The number of fused-ring (bicyclic) bond motifs is 3. The van der Waals surface area contributed by atoms with Crippen molar-refractivity contribution in [2.24, 2.45) is 10.8 Å². The molecule has 0 aromatic heterocycles. The van der Waals surface area contributed by atoms with Crippen LogP contribution in [0.4, 0.5) is 0 Å². The quantitative estimate of drug-likeness (QED) is 0.703. The van der Waals surface area contributed by atoms with Crippen LogP contribution in [0.1, 0.15) is 71.3 Å². The zero-order chi connectivity index (χ0) is 22.6. The summed E-state index contributed by atoms with van der Waals surface area (Å²) >= 11 is 0. The topological polar surface area (TPSA) is 49.4 Å². The Morgan fingerprint density at radius 1 is 1.09 bits per heavy atom. The molecule has 2 aromatic carbocycles. The van der Waals surface area contributed by atoms with E-state index < -0.39 is 0 Å². The van der Waals surface area contributed by atoms with E-state index >= 15 is 0 Å². The number of likely N-dealkylation sites (tertiary alicyclic amines) is 1. The number of amides is 2. The van der Waals surface area contributed by atoms with Gasteiger partial charge in [0.05, 0.1) is 0 Å². The molecule has 2 aromatic rings. The van der Waals surface area contributed by atoms with Gasteiger partial charge in [0.25, 0.3) is 0 Å². The van der Waals surface area contributed by atoms with E-state index in [1.54, 1.807) is 0 Å². The van der Waals surface area contributed by atoms with Gasteiger partial charge in [-0.2, -0.15) is 0 Å². The summed E-state index contributed by atoms with van der Waals surface area (Å²) in [6.45, 7) is 7.94. The van der Waals surface area contributed by atoms with Gasteiger partial charge in [-0.05, 0) is 65.7 Å². The van der Waals surface area contributed by atoms with Crippen molar-refractivity contribution in [2.45, 2.75) is 83.7 Å². The molecule has 2 saturated heterocycles. The Labute approximate surface area is 191 Å². The van der Waals surface area contributed by atoms with Crippen LogP contribution in [0.25, 0.3) is 10.8 Å². The van der Waals surface area contributed by atoms with Gasteiger partial charge in [0.2, 0.25) is 11.8 Å². The zero-order valence-electron chi connectivity index (χ0n) is 19.7. The molecule has 1 N–H and O–H groups in total. The average Bonchev–Trinajstić information content (AvgIpc) is 3.21. The molecule has 4 nitrogen and oxygen atoms in total. The maximum absolute atomic E-state index is 13.4. The number of benzene rings is 2. The van der Waals surface area contributed by atoms with Crippen molar-refractivity contribution in [3.05, 3.63) is 48.0 Å². The predicted octanol–water partition coefficient (Wildman–Crippen LogP) is 5.24. The van der Waals surface area contributed by atoms with Gasteiger partial charge < -0.3 is 10.2 Å². The van der Waals surface area contributed by atoms with Gasteiger partial charge in [-0.15, -0.1) is 0 Å². The zero-order valence-corrected chi connectivity index (χ0v) is 19.7. The molecule has 2 amide bonds. The monoisotopic (exact) mass is 432 g/mol. The molecule has 3 fully saturated rings. The lowest BCUT2D eigenvalue weighted by atomic mass is 9.65. The summed E-state index contributed by atoms with van der Waals surface area (Å²) in [6, 6.07) is 15.3. The van der Waals surface area contributed by atoms with Gasteiger partial charge >= 0.3 is 0 Å². The van der Waals surface area contributed by atoms with Crippen molar-refractivity contribution in [1.82, 2.24) is 10.2 Å². The van der Waals surface area contributed by atoms with Gasteiger partial charge in [0.1, 0.15) is 0 Å². The minimum atomic E-state index is -0.312. The van der Waals surface area contributed by atoms with Gasteiger partial charge in [-0.25, -0.2) is 0 Å². The molecule has 1 aliphatic carbocycles. The summed E-state index contributed by atoms with van der Waals surface area (Å²) in [5.74, 6) is 0.389. The molecule has 5 rings (SSSR count). The van der Waals surface area contributed by atoms with Crippen LogP contribution >= 0.6 is 0 Å². The highest BCUT2D eigenvalue weighted by Gasteiger charge is 2.51. The fraction of sp³-hybridized carbons (Fsp3) is 0.571. The Balaban J connectivity index is 1.30. The molecule has 0 unspecified atom stereocenters. The van der Waals surface area contributed by atoms with E-state index in [4.69, 9.17) is 0 Å². The minimum Gasteiger partial charge on any atom is -0.350 e. The first-order chi connectivity index (χ1) is 15.1. The summed E-state index contributed by atoms with van der Waals surface area (Å²) in [4.78, 5) is 27.8. The number of nitrogens with one attached hydrogen (secondary N) is 1. The molecule has 0 spiro atoms. The number of carbonyl (C=O) groups excluding carboxylic acids is 2. The number of nitrogens with zero attached hydrogens (tertiary/aromatic N) is 1. The molecule has 32 heavy (non-hydrogen) atoms. The lowest BCUT2D eigenvalue weighted by Gasteiger charge is -2.39. The summed E-state index contributed by atoms with van der Waals surface area (Å²) in [6.07, 6.45) is 6.82. The molecule has 170 valence electrons. The fourth-order valence-corrected chi connectivity index (χ4v) is 7.16. The third kappa shape index (κ3) is 4.16. The van der Waals surface area contributed by atoms with Gasteiger partial charge in [-0.3, -0.25) is 9.59 Å². The normalized spacial score (nSPS) is 31.2. The predicted molar refractivity (Wildman–Crippen MR) is 128 cm³/mol. The van der Waals surface area contributed by atoms with Crippen LogP contribution in [0.2, 0.25) is 0 Å². The highest BCUT2D eigenvalue weighted by atomic mass is 16.2. The van der Waals surface area contributed by atoms with E-state index in [1.807, 2.05) is 0 Å². The van der Waals surface area contributed by atoms with Crippen LogP contribution in [0.3, 0.4) is 0 Å². The highest BCUT2D eigenvalue weighted by Crippen LogP contribution is 2.52. The second-order valence-electron chi connectivity index (χ2n) is 11.9. The van der Waals surface area contributed by atoms with Crippen molar-refractivity contribution in [3.8, 4) is 0 Å². The summed E-state index contributed by atoms with van der Waals surface area (Å²) in [5, 5.41) is 5.72. The van der Waals surface area contributed by atoms with E-state index in [0.29, 0.717) is 30.7 Å². The van der Waals surface area contributed by atoms with Crippen molar-refractivity contribution in [3.63, 3.8) is 0 Å². The third-order valence-corrected chi connectivity index (χ3v) is 8.14. The van der Waals surface area contributed by atoms with E-state index in [-0.39, 0.29) is 22.8 Å². The Morgan fingerprint density at radius 2 is 1.88 bits per heavy atom. The van der Waals surface area contributed by atoms with Crippen molar-refractivity contribution < 1.29 is 9.59 Å². The molecule has 2 heterocycles. The third-order valence-electron chi connectivity index (χ3n) is 8.14. The van der Waals surface area contributed by atoms with E-state index in [0.717, 1.165) is 32.2 Å². The number of rotatable bonds is 5. The number of carbonyl (C=O) groups is 2. The first-order valence-electron chi connectivity index (χ1n) is 12.2. The number of hydrogen-bond acceptors (Lipinski definition) is 2. The standard InChI is InChI=1S/C28H36N2O2/c1-26(2)16-23-17-27(3,18-26)19-30(23)25(32)11-13-28(12-10-24(31)29-28)15-20-8-9-21-6-4-5-7-22(21)14-20/h4-9,14,23H,10-13,15-19H2,1-3H3,(H,29,31)/t23-,27+,28+/m1/s1. The molecule has 2 aliphatic heterocycles. The second kappa shape index (κ2) is 7.60. The molecule has 3 aliphatic rings. The van der Waals surface area contributed by atoms with E-state index in [2.05, 4.69) is 73.5 Å². The van der Waals surface area contributed by atoms with Gasteiger partial charge in [0, 0.05) is 31.0 Å². The van der Waals surface area contributed by atoms with Crippen molar-refractivity contribution in [1.29, 1.82) is 0 Å². The van der Waals surface area contributed by atoms with Crippen LogP contribution in [-0.2, 0) is 16.0 Å². The van der Waals surface area contributed by atoms with E-state index in [1.165, 1.54) is 22.8 Å². The molecule has 2 bridgehead atoms. The first-order valence-corrected chi connectivity index (χ1v) is 12.2. The molecule has 0 radical (unpaired) electrons. The van der Waals surface area contributed by atoms with Crippen LogP contribution in [0.5, 0.6) is 0 Å². The van der Waals surface area contributed by atoms with Crippen LogP contribution < -0.4 is 5.32 Å². The van der Waals surface area contributed by atoms with Gasteiger partial charge in [-0.1, -0.05) is 63.2 Å². The molecular weight excluding hydrogens is 396 g/mol. The summed E-state index contributed by atoms with van der Waals surface area (Å²) < 4.78 is 0. The van der Waals surface area contributed by atoms with Gasteiger partial charge in [0.15, 0.2) is 0 Å². The molecule has 1 saturated carbocycles. The molecule has 3 atom stereocenters. The largest absolute Gasteiger partial charge is 0.350 e. The SMILES string of the molecule is CC1(C)C[C@@H]2C[C@](C)(CN2C(=O)CC[C@]2(Cc3ccc4ccccc4c3)CCC(=O)N2)C1. The Bertz CT molecular complexity index is 1060. The maximum atomic E-state index is 13.4. The maximum Gasteiger partial charge on any atom is 0.222 e. The van der Waals surface area contributed by atoms with Crippen LogP contribution in [0.15, 0.2) is 42.5 Å². The lowest BCUT2D eigenvalue weighted by molar-refractivity contribution is -0.133. The lowest BCUT2D eigenvalue weighted by Crippen LogP contribution is -2.45. The Morgan fingerprint density at radius 3 is 2.62 bits per heavy atom. The highest BCUT2D eigenvalue weighted by molar-refractivity contribution is 5.83. The summed E-state index contributed by atoms with van der Waals surface area (Å²) in [7, 11) is 0. The Hall–Kier alpha value is -2.36. The van der Waals surface area contributed by atoms with Crippen molar-refractivity contribution in [2.75, 3.05) is 6.54 Å². The molecular formula is C28H36N2O2. The first kappa shape index (κ1) is 21.5. The van der Waals surface area contributed by atoms with Crippen LogP contribution in [0, 0.1) is 10.8 Å². The van der Waals surface area contributed by atoms with Crippen molar-refractivity contribution >= 4 is 22.6 Å². The fourth-order valence-electron chi connectivity index (χ4n) is 7.16. The second-order valence-corrected chi connectivity index (χ2v) is 11.9.